The van der Waals surface area contributed by atoms with Crippen LogP contribution in [0.3, 0.4) is 0 Å². The number of furan rings is 1. The Balaban J connectivity index is 1.40. The highest BCUT2D eigenvalue weighted by atomic mass is 35.5. The second-order valence-electron chi connectivity index (χ2n) is 6.19. The topological polar surface area (TPSA) is 63.9 Å². The number of hydrogen-bond donors (Lipinski definition) is 1. The lowest BCUT2D eigenvalue weighted by Crippen LogP contribution is -2.38. The average Bonchev–Trinajstić information content (AvgIpc) is 3.14. The van der Waals surface area contributed by atoms with Crippen molar-refractivity contribution in [1.29, 1.82) is 0 Å². The highest BCUT2D eigenvalue weighted by Gasteiger charge is 2.13. The van der Waals surface area contributed by atoms with Crippen molar-refractivity contribution in [3.8, 4) is 5.75 Å². The van der Waals surface area contributed by atoms with Crippen LogP contribution in [0, 0.1) is 0 Å². The molecular formula is C19H22Cl2N2O4. The highest BCUT2D eigenvalue weighted by Crippen LogP contribution is 2.28. The van der Waals surface area contributed by atoms with Crippen LogP contribution in [0.4, 0.5) is 0 Å². The van der Waals surface area contributed by atoms with Crippen LogP contribution >= 0.6 is 23.2 Å². The summed E-state index contributed by atoms with van der Waals surface area (Å²) in [6, 6.07) is 8.35. The summed E-state index contributed by atoms with van der Waals surface area (Å²) in [6.45, 7) is 5.19. The van der Waals surface area contributed by atoms with E-state index in [0.29, 0.717) is 28.1 Å². The Hall–Kier alpha value is -1.73. The number of rotatable bonds is 8. The van der Waals surface area contributed by atoms with Crippen molar-refractivity contribution in [3.63, 3.8) is 0 Å². The van der Waals surface area contributed by atoms with Gasteiger partial charge in [-0.05, 0) is 43.3 Å². The molecule has 2 aromatic rings. The minimum absolute atomic E-state index is 0.172. The normalized spacial score (nSPS) is 14.9. The number of benzene rings is 1. The lowest BCUT2D eigenvalue weighted by molar-refractivity contribution is 0.0374. The zero-order valence-electron chi connectivity index (χ0n) is 14.9. The summed E-state index contributed by atoms with van der Waals surface area (Å²) in [5, 5.41) is 3.84. The third-order valence-corrected chi connectivity index (χ3v) is 4.72. The quantitative estimate of drug-likeness (QED) is 0.670. The molecule has 0 saturated carbocycles. The van der Waals surface area contributed by atoms with Crippen LogP contribution in [0.15, 0.2) is 34.7 Å². The van der Waals surface area contributed by atoms with Gasteiger partial charge in [0.1, 0.15) is 18.1 Å². The first kappa shape index (κ1) is 20.0. The number of ether oxygens (including phenoxy) is 2. The molecule has 0 spiro atoms. The van der Waals surface area contributed by atoms with Crippen molar-refractivity contribution in [3.05, 3.63) is 51.9 Å². The molecule has 0 aliphatic carbocycles. The Labute approximate surface area is 168 Å². The van der Waals surface area contributed by atoms with Gasteiger partial charge < -0.3 is 19.2 Å². The van der Waals surface area contributed by atoms with E-state index in [1.165, 1.54) is 0 Å². The zero-order chi connectivity index (χ0) is 19.1. The van der Waals surface area contributed by atoms with Gasteiger partial charge in [0, 0.05) is 24.7 Å². The fraction of sp³-hybridized carbons (Fsp3) is 0.421. The number of hydrogen-bond acceptors (Lipinski definition) is 5. The number of amides is 1. The molecule has 1 aliphatic rings. The molecule has 1 saturated heterocycles. The van der Waals surface area contributed by atoms with Crippen LogP contribution in [0.25, 0.3) is 0 Å². The maximum atomic E-state index is 12.2. The molecule has 1 aromatic carbocycles. The van der Waals surface area contributed by atoms with E-state index in [9.17, 15) is 4.79 Å². The van der Waals surface area contributed by atoms with Crippen molar-refractivity contribution < 1.29 is 18.7 Å². The van der Waals surface area contributed by atoms with E-state index in [4.69, 9.17) is 37.1 Å². The molecule has 1 fully saturated rings. The fourth-order valence-electron chi connectivity index (χ4n) is 2.74. The molecule has 0 unspecified atom stereocenters. The molecule has 1 amide bonds. The van der Waals surface area contributed by atoms with Gasteiger partial charge in [-0.25, -0.2) is 0 Å². The summed E-state index contributed by atoms with van der Waals surface area (Å²) < 4.78 is 16.5. The number of morpholine rings is 1. The molecule has 1 aromatic heterocycles. The second-order valence-corrected chi connectivity index (χ2v) is 7.04. The van der Waals surface area contributed by atoms with Crippen molar-refractivity contribution in [1.82, 2.24) is 10.2 Å². The molecule has 0 bridgehead atoms. The zero-order valence-corrected chi connectivity index (χ0v) is 16.4. The number of nitrogens with one attached hydrogen (secondary N) is 1. The van der Waals surface area contributed by atoms with Crippen molar-refractivity contribution >= 4 is 29.1 Å². The van der Waals surface area contributed by atoms with Crippen molar-refractivity contribution in [2.75, 3.05) is 39.4 Å². The van der Waals surface area contributed by atoms with E-state index in [1.807, 2.05) is 0 Å². The molecule has 8 heteroatoms. The largest absolute Gasteiger partial charge is 0.484 e. The number of carbonyl (C=O) groups excluding carboxylic acids is 1. The third-order valence-electron chi connectivity index (χ3n) is 4.19. The minimum atomic E-state index is -0.229. The molecule has 1 N–H and O–H groups in total. The van der Waals surface area contributed by atoms with E-state index in [2.05, 4.69) is 10.2 Å². The number of halogens is 2. The van der Waals surface area contributed by atoms with Crippen LogP contribution < -0.4 is 10.1 Å². The summed E-state index contributed by atoms with van der Waals surface area (Å²) in [6.07, 6.45) is 0.886. The third kappa shape index (κ3) is 6.14. The maximum absolute atomic E-state index is 12.2. The van der Waals surface area contributed by atoms with Crippen molar-refractivity contribution in [2.45, 2.75) is 13.0 Å². The monoisotopic (exact) mass is 412 g/mol. The molecule has 0 radical (unpaired) electrons. The lowest BCUT2D eigenvalue weighted by atomic mass is 10.3. The molecule has 3 rings (SSSR count). The maximum Gasteiger partial charge on any atom is 0.286 e. The summed E-state index contributed by atoms with van der Waals surface area (Å²) >= 11 is 11.9. The first-order valence-corrected chi connectivity index (χ1v) is 9.62. The number of carbonyl (C=O) groups is 1. The smallest absolute Gasteiger partial charge is 0.286 e. The lowest BCUT2D eigenvalue weighted by Gasteiger charge is -2.26. The van der Waals surface area contributed by atoms with Gasteiger partial charge in [-0.3, -0.25) is 9.69 Å². The highest BCUT2D eigenvalue weighted by molar-refractivity contribution is 6.35. The average molecular weight is 413 g/mol. The van der Waals surface area contributed by atoms with Gasteiger partial charge in [0.2, 0.25) is 0 Å². The molecule has 146 valence electrons. The van der Waals surface area contributed by atoms with Crippen molar-refractivity contribution in [2.24, 2.45) is 0 Å². The Bertz CT molecular complexity index is 760. The summed E-state index contributed by atoms with van der Waals surface area (Å²) in [5.41, 5.74) is 0. The van der Waals surface area contributed by atoms with E-state index in [0.717, 1.165) is 39.3 Å². The van der Waals surface area contributed by atoms with Crippen LogP contribution in [0.2, 0.25) is 10.0 Å². The minimum Gasteiger partial charge on any atom is -0.484 e. The van der Waals surface area contributed by atoms with Crippen LogP contribution in [-0.2, 0) is 11.3 Å². The van der Waals surface area contributed by atoms with Crippen LogP contribution in [0.1, 0.15) is 22.7 Å². The van der Waals surface area contributed by atoms with Gasteiger partial charge in [0.05, 0.1) is 18.2 Å². The molecular weight excluding hydrogens is 391 g/mol. The predicted molar refractivity (Wildman–Crippen MR) is 104 cm³/mol. The fourth-order valence-corrected chi connectivity index (χ4v) is 3.20. The van der Waals surface area contributed by atoms with Gasteiger partial charge in [-0.15, -0.1) is 0 Å². The molecule has 0 atom stereocenters. The molecule has 1 aliphatic heterocycles. The summed E-state index contributed by atoms with van der Waals surface area (Å²) in [7, 11) is 0. The van der Waals surface area contributed by atoms with Crippen LogP contribution in [0.5, 0.6) is 5.75 Å². The predicted octanol–water partition coefficient (Wildman–Crippen LogP) is 3.62. The summed E-state index contributed by atoms with van der Waals surface area (Å²) in [4.78, 5) is 14.5. The van der Waals surface area contributed by atoms with Gasteiger partial charge in [-0.1, -0.05) is 23.2 Å². The Morgan fingerprint density at radius 3 is 2.78 bits per heavy atom. The van der Waals surface area contributed by atoms with Crippen LogP contribution in [-0.4, -0.2) is 50.2 Å². The van der Waals surface area contributed by atoms with E-state index < -0.39 is 0 Å². The van der Waals surface area contributed by atoms with Gasteiger partial charge in [-0.2, -0.15) is 0 Å². The van der Waals surface area contributed by atoms with E-state index >= 15 is 0 Å². The van der Waals surface area contributed by atoms with Gasteiger partial charge in [0.25, 0.3) is 5.91 Å². The standard InChI is InChI=1S/C19H22Cl2N2O4/c20-14-2-4-17(16(21)12-14)26-13-15-3-5-18(27-15)19(24)22-6-1-7-23-8-10-25-11-9-23/h2-5,12H,1,6-11,13H2,(H,22,24). The van der Waals surface area contributed by atoms with Gasteiger partial charge in [0.15, 0.2) is 5.76 Å². The summed E-state index contributed by atoms with van der Waals surface area (Å²) in [5.74, 6) is 1.08. The molecule has 2 heterocycles. The molecule has 27 heavy (non-hydrogen) atoms. The Kier molecular flexibility index (Phi) is 7.41. The first-order chi connectivity index (χ1) is 13.1. The SMILES string of the molecule is O=C(NCCCN1CCOCC1)c1ccc(COc2ccc(Cl)cc2Cl)o1. The second kappa shape index (κ2) is 9.99. The van der Waals surface area contributed by atoms with E-state index in [-0.39, 0.29) is 18.3 Å². The Morgan fingerprint density at radius 1 is 1.19 bits per heavy atom. The van der Waals surface area contributed by atoms with E-state index in [1.54, 1.807) is 30.3 Å². The number of nitrogens with zero attached hydrogens (tertiary/aromatic N) is 1. The molecule has 6 nitrogen and oxygen atoms in total. The van der Waals surface area contributed by atoms with Gasteiger partial charge >= 0.3 is 0 Å². The first-order valence-electron chi connectivity index (χ1n) is 8.86. The Morgan fingerprint density at radius 2 is 2.00 bits per heavy atom.